The third kappa shape index (κ3) is 2.78. The van der Waals surface area contributed by atoms with E-state index in [1.54, 1.807) is 6.07 Å². The first-order chi connectivity index (χ1) is 9.96. The number of aromatic nitrogens is 2. The normalized spacial score (nSPS) is 17.1. The van der Waals surface area contributed by atoms with E-state index in [9.17, 15) is 12.8 Å². The molecule has 1 aromatic heterocycles. The highest BCUT2D eigenvalue weighted by molar-refractivity contribution is 7.86. The van der Waals surface area contributed by atoms with E-state index >= 15 is 0 Å². The van der Waals surface area contributed by atoms with E-state index in [1.165, 1.54) is 27.8 Å². The minimum absolute atomic E-state index is 0.134. The van der Waals surface area contributed by atoms with Crippen LogP contribution in [0.5, 0.6) is 0 Å². The number of aromatic amines is 1. The Bertz CT molecular complexity index is 753. The van der Waals surface area contributed by atoms with Gasteiger partial charge in [-0.05, 0) is 31.0 Å². The van der Waals surface area contributed by atoms with Crippen molar-refractivity contribution < 1.29 is 12.8 Å². The molecule has 1 aromatic carbocycles. The predicted molar refractivity (Wildman–Crippen MR) is 77.2 cm³/mol. The molecule has 1 fully saturated rings. The first-order valence-corrected chi connectivity index (χ1v) is 8.22. The van der Waals surface area contributed by atoms with Crippen molar-refractivity contribution in [2.75, 3.05) is 20.1 Å². The fourth-order valence-corrected chi connectivity index (χ4v) is 3.92. The number of rotatable bonds is 4. The van der Waals surface area contributed by atoms with Gasteiger partial charge in [0.2, 0.25) is 0 Å². The summed E-state index contributed by atoms with van der Waals surface area (Å²) in [5.74, 6) is 0.150. The highest BCUT2D eigenvalue weighted by Crippen LogP contribution is 2.18. The van der Waals surface area contributed by atoms with Crippen molar-refractivity contribution in [1.29, 1.82) is 0 Å². The largest absolute Gasteiger partial charge is 0.341 e. The van der Waals surface area contributed by atoms with Crippen LogP contribution < -0.4 is 0 Å². The zero-order valence-electron chi connectivity index (χ0n) is 11.7. The Morgan fingerprint density at radius 2 is 2.10 bits per heavy atom. The minimum atomic E-state index is -3.45. The van der Waals surface area contributed by atoms with Gasteiger partial charge in [0.15, 0.2) is 0 Å². The maximum absolute atomic E-state index is 13.1. The second-order valence-electron chi connectivity index (χ2n) is 5.21. The van der Waals surface area contributed by atoms with E-state index in [2.05, 4.69) is 9.97 Å². The molecule has 0 unspecified atom stereocenters. The summed E-state index contributed by atoms with van der Waals surface area (Å²) in [6.45, 7) is 1.27. The van der Waals surface area contributed by atoms with Crippen LogP contribution in [0.25, 0.3) is 11.0 Å². The van der Waals surface area contributed by atoms with E-state index < -0.39 is 10.2 Å². The Morgan fingerprint density at radius 1 is 1.38 bits per heavy atom. The van der Waals surface area contributed by atoms with Gasteiger partial charge in [-0.3, -0.25) is 0 Å². The number of fused-ring (bicyclic) bond motifs is 1. The quantitative estimate of drug-likeness (QED) is 0.929. The zero-order chi connectivity index (χ0) is 15.0. The van der Waals surface area contributed by atoms with Crippen LogP contribution >= 0.6 is 0 Å². The molecule has 2 aromatic rings. The smallest absolute Gasteiger partial charge is 0.282 e. The molecule has 1 aliphatic rings. The molecular weight excluding hydrogens is 295 g/mol. The highest BCUT2D eigenvalue weighted by atomic mass is 32.2. The zero-order valence-corrected chi connectivity index (χ0v) is 12.5. The van der Waals surface area contributed by atoms with E-state index in [-0.39, 0.29) is 12.4 Å². The Kier molecular flexibility index (Phi) is 3.68. The van der Waals surface area contributed by atoms with Gasteiger partial charge in [-0.2, -0.15) is 17.0 Å². The molecule has 0 spiro atoms. The van der Waals surface area contributed by atoms with Crippen LogP contribution in [0.2, 0.25) is 0 Å². The summed E-state index contributed by atoms with van der Waals surface area (Å²) >= 11 is 0. The fraction of sp³-hybridized carbons (Fsp3) is 0.462. The monoisotopic (exact) mass is 312 g/mol. The molecule has 21 heavy (non-hydrogen) atoms. The summed E-state index contributed by atoms with van der Waals surface area (Å²) in [7, 11) is -1.92. The van der Waals surface area contributed by atoms with Crippen molar-refractivity contribution >= 4 is 21.2 Å². The second kappa shape index (κ2) is 5.36. The van der Waals surface area contributed by atoms with Crippen LogP contribution in [-0.2, 0) is 16.8 Å². The van der Waals surface area contributed by atoms with Gasteiger partial charge >= 0.3 is 0 Å². The third-order valence-corrected chi connectivity index (χ3v) is 5.59. The summed E-state index contributed by atoms with van der Waals surface area (Å²) in [4.78, 5) is 7.24. The molecule has 3 rings (SSSR count). The lowest BCUT2D eigenvalue weighted by molar-refractivity contribution is 0.388. The number of imidazole rings is 1. The molecule has 0 amide bonds. The maximum atomic E-state index is 13.1. The molecule has 1 saturated heterocycles. The Balaban J connectivity index is 1.80. The van der Waals surface area contributed by atoms with Crippen molar-refractivity contribution in [1.82, 2.24) is 18.6 Å². The summed E-state index contributed by atoms with van der Waals surface area (Å²) < 4.78 is 40.6. The molecular formula is C13H17FN4O2S. The average molecular weight is 312 g/mol. The van der Waals surface area contributed by atoms with E-state index in [4.69, 9.17) is 0 Å². The maximum Gasteiger partial charge on any atom is 0.282 e. The minimum Gasteiger partial charge on any atom is -0.341 e. The molecule has 1 N–H and O–H groups in total. The van der Waals surface area contributed by atoms with Gasteiger partial charge in [-0.25, -0.2) is 9.37 Å². The van der Waals surface area contributed by atoms with Gasteiger partial charge in [0.25, 0.3) is 10.2 Å². The van der Waals surface area contributed by atoms with Crippen LogP contribution in [0, 0.1) is 5.82 Å². The molecule has 0 saturated carbocycles. The lowest BCUT2D eigenvalue weighted by atomic mass is 10.3. The fourth-order valence-electron chi connectivity index (χ4n) is 2.52. The van der Waals surface area contributed by atoms with Crippen LogP contribution in [0.15, 0.2) is 18.2 Å². The van der Waals surface area contributed by atoms with Crippen LogP contribution in [0.1, 0.15) is 18.7 Å². The van der Waals surface area contributed by atoms with E-state index in [0.717, 1.165) is 12.8 Å². The number of hydrogen-bond donors (Lipinski definition) is 1. The number of nitrogens with one attached hydrogen (secondary N) is 1. The number of nitrogens with zero attached hydrogens (tertiary/aromatic N) is 3. The van der Waals surface area contributed by atoms with Crippen molar-refractivity contribution in [2.45, 2.75) is 19.4 Å². The molecule has 2 heterocycles. The van der Waals surface area contributed by atoms with Gasteiger partial charge in [0, 0.05) is 20.1 Å². The van der Waals surface area contributed by atoms with Crippen molar-refractivity contribution in [3.05, 3.63) is 29.8 Å². The summed E-state index contributed by atoms with van der Waals surface area (Å²) in [5.41, 5.74) is 1.19. The lowest BCUT2D eigenvalue weighted by Crippen LogP contribution is -2.40. The lowest BCUT2D eigenvalue weighted by Gasteiger charge is -2.22. The van der Waals surface area contributed by atoms with Gasteiger partial charge in [-0.15, -0.1) is 0 Å². The topological polar surface area (TPSA) is 69.3 Å². The standard InChI is InChI=1S/C13H17FN4O2S/c1-17(21(19,20)18-6-2-3-7-18)9-13-15-11-5-4-10(14)8-12(11)16-13/h4-5,8H,2-3,6-7,9H2,1H3,(H,15,16). The van der Waals surface area contributed by atoms with Crippen molar-refractivity contribution in [3.63, 3.8) is 0 Å². The first kappa shape index (κ1) is 14.4. The number of H-pyrrole nitrogens is 1. The molecule has 0 radical (unpaired) electrons. The Labute approximate surface area is 122 Å². The Hall–Kier alpha value is -1.51. The molecule has 114 valence electrons. The molecule has 1 aliphatic heterocycles. The van der Waals surface area contributed by atoms with Crippen molar-refractivity contribution in [3.8, 4) is 0 Å². The average Bonchev–Trinajstić information content (AvgIpc) is 3.06. The third-order valence-electron chi connectivity index (χ3n) is 3.65. The SMILES string of the molecule is CN(Cc1nc2ccc(F)cc2[nH]1)S(=O)(=O)N1CCCC1. The van der Waals surface area contributed by atoms with Crippen LogP contribution in [0.3, 0.4) is 0 Å². The summed E-state index contributed by atoms with van der Waals surface area (Å²) in [6, 6.07) is 4.25. The van der Waals surface area contributed by atoms with Gasteiger partial charge in [0.1, 0.15) is 11.6 Å². The predicted octanol–water partition coefficient (Wildman–Crippen LogP) is 1.47. The van der Waals surface area contributed by atoms with Crippen LogP contribution in [0.4, 0.5) is 4.39 Å². The van der Waals surface area contributed by atoms with Crippen molar-refractivity contribution in [2.24, 2.45) is 0 Å². The molecule has 8 heteroatoms. The summed E-state index contributed by atoms with van der Waals surface area (Å²) in [6.07, 6.45) is 1.80. The summed E-state index contributed by atoms with van der Waals surface area (Å²) in [5, 5.41) is 0. The van der Waals surface area contributed by atoms with Crippen LogP contribution in [-0.4, -0.2) is 47.1 Å². The number of benzene rings is 1. The molecule has 0 aliphatic carbocycles. The first-order valence-electron chi connectivity index (χ1n) is 6.82. The number of hydrogen-bond acceptors (Lipinski definition) is 3. The van der Waals surface area contributed by atoms with E-state index in [0.29, 0.717) is 29.9 Å². The molecule has 0 bridgehead atoms. The molecule has 0 atom stereocenters. The van der Waals surface area contributed by atoms with Gasteiger partial charge in [-0.1, -0.05) is 0 Å². The van der Waals surface area contributed by atoms with E-state index in [1.807, 2.05) is 0 Å². The van der Waals surface area contributed by atoms with Gasteiger partial charge < -0.3 is 4.98 Å². The second-order valence-corrected chi connectivity index (χ2v) is 7.25. The highest BCUT2D eigenvalue weighted by Gasteiger charge is 2.29. The number of halogens is 1. The molecule has 6 nitrogen and oxygen atoms in total. The van der Waals surface area contributed by atoms with Gasteiger partial charge in [0.05, 0.1) is 17.6 Å². The Morgan fingerprint density at radius 3 is 2.81 bits per heavy atom.